The minimum absolute atomic E-state index is 0.0244. The fraction of sp³-hybridized carbons (Fsp3) is 0.647. The molecule has 2 unspecified atom stereocenters. The van der Waals surface area contributed by atoms with Gasteiger partial charge in [-0.15, -0.1) is 0 Å². The molecule has 1 aromatic rings. The second-order valence-corrected chi connectivity index (χ2v) is 7.28. The van der Waals surface area contributed by atoms with Crippen LogP contribution in [0.2, 0.25) is 0 Å². The van der Waals surface area contributed by atoms with Crippen molar-refractivity contribution in [1.29, 1.82) is 0 Å². The lowest BCUT2D eigenvalue weighted by Gasteiger charge is -2.48. The summed E-state index contributed by atoms with van der Waals surface area (Å²) in [5.41, 5.74) is 5.98. The quantitative estimate of drug-likeness (QED) is 0.767. The maximum absolute atomic E-state index is 13.0. The average Bonchev–Trinajstić information content (AvgIpc) is 2.37. The van der Waals surface area contributed by atoms with Gasteiger partial charge in [-0.1, -0.05) is 45.7 Å². The van der Waals surface area contributed by atoms with Crippen LogP contribution >= 0.6 is 0 Å². The van der Waals surface area contributed by atoms with Crippen molar-refractivity contribution in [1.82, 2.24) is 0 Å². The minimum Gasteiger partial charge on any atom is -0.321 e. The van der Waals surface area contributed by atoms with E-state index < -0.39 is 17.3 Å². The Hall–Kier alpha value is -1.03. The molecule has 0 spiro atoms. The Balaban J connectivity index is 2.46. The molecule has 0 saturated heterocycles. The van der Waals surface area contributed by atoms with Gasteiger partial charge in [0, 0.05) is 5.54 Å². The number of hydrogen-bond donors (Lipinski definition) is 1. The number of rotatable bonds is 1. The van der Waals surface area contributed by atoms with Crippen LogP contribution in [0, 0.1) is 11.3 Å². The van der Waals surface area contributed by atoms with Crippen molar-refractivity contribution in [3.8, 4) is 0 Å². The van der Waals surface area contributed by atoms with Crippen LogP contribution in [0.1, 0.15) is 57.6 Å². The third kappa shape index (κ3) is 3.25. The molecule has 1 aliphatic rings. The van der Waals surface area contributed by atoms with Gasteiger partial charge in [0.25, 0.3) is 0 Å². The first-order chi connectivity index (χ1) is 9.55. The maximum Gasteiger partial charge on any atom is 0.416 e. The lowest BCUT2D eigenvalue weighted by atomic mass is 9.60. The molecule has 1 nitrogen and oxygen atoms in total. The van der Waals surface area contributed by atoms with Gasteiger partial charge in [-0.05, 0) is 41.9 Å². The number of halogens is 3. The molecule has 1 aliphatic carbocycles. The van der Waals surface area contributed by atoms with Crippen molar-refractivity contribution < 1.29 is 13.2 Å². The number of nitrogens with two attached hydrogens (primary N) is 1. The molecule has 1 saturated carbocycles. The first kappa shape index (κ1) is 16.3. The summed E-state index contributed by atoms with van der Waals surface area (Å²) in [5.74, 6) is 0.183. The van der Waals surface area contributed by atoms with Crippen molar-refractivity contribution in [2.45, 2.75) is 58.2 Å². The Morgan fingerprint density at radius 1 is 1.14 bits per heavy atom. The van der Waals surface area contributed by atoms with Crippen LogP contribution in [0.25, 0.3) is 0 Å². The Kier molecular flexibility index (Phi) is 4.13. The second kappa shape index (κ2) is 5.31. The second-order valence-electron chi connectivity index (χ2n) is 7.28. The van der Waals surface area contributed by atoms with E-state index in [0.717, 1.165) is 31.7 Å². The Morgan fingerprint density at radius 2 is 1.81 bits per heavy atom. The van der Waals surface area contributed by atoms with Gasteiger partial charge in [-0.2, -0.15) is 13.2 Å². The summed E-state index contributed by atoms with van der Waals surface area (Å²) in [6, 6.07) is 5.58. The molecule has 0 bridgehead atoms. The normalized spacial score (nSPS) is 27.7. The molecule has 0 aliphatic heterocycles. The third-order valence-corrected chi connectivity index (χ3v) is 4.73. The molecule has 118 valence electrons. The van der Waals surface area contributed by atoms with Gasteiger partial charge in [0.05, 0.1) is 5.56 Å². The molecular weight excluding hydrogens is 275 g/mol. The first-order valence-corrected chi connectivity index (χ1v) is 7.52. The van der Waals surface area contributed by atoms with Gasteiger partial charge < -0.3 is 5.73 Å². The highest BCUT2D eigenvalue weighted by Gasteiger charge is 2.45. The van der Waals surface area contributed by atoms with Gasteiger partial charge in [0.15, 0.2) is 0 Å². The molecule has 21 heavy (non-hydrogen) atoms. The van der Waals surface area contributed by atoms with Crippen molar-refractivity contribution in [3.05, 3.63) is 35.4 Å². The van der Waals surface area contributed by atoms with Crippen molar-refractivity contribution >= 4 is 0 Å². The molecule has 1 fully saturated rings. The van der Waals surface area contributed by atoms with Gasteiger partial charge in [-0.25, -0.2) is 0 Å². The zero-order valence-corrected chi connectivity index (χ0v) is 12.9. The van der Waals surface area contributed by atoms with E-state index in [-0.39, 0.29) is 11.3 Å². The highest BCUT2D eigenvalue weighted by molar-refractivity contribution is 5.32. The lowest BCUT2D eigenvalue weighted by Crippen LogP contribution is -2.51. The summed E-state index contributed by atoms with van der Waals surface area (Å²) in [5, 5.41) is 0. The fourth-order valence-corrected chi connectivity index (χ4v) is 3.73. The molecular formula is C17H24F3N. The van der Waals surface area contributed by atoms with E-state index in [1.165, 1.54) is 12.1 Å². The van der Waals surface area contributed by atoms with E-state index in [1.807, 2.05) is 0 Å². The van der Waals surface area contributed by atoms with Gasteiger partial charge in [0.2, 0.25) is 0 Å². The highest BCUT2D eigenvalue weighted by atomic mass is 19.4. The van der Waals surface area contributed by atoms with Crippen LogP contribution in [0.15, 0.2) is 24.3 Å². The van der Waals surface area contributed by atoms with Crippen LogP contribution in [0.3, 0.4) is 0 Å². The zero-order valence-electron chi connectivity index (χ0n) is 12.9. The molecule has 2 N–H and O–H groups in total. The summed E-state index contributed by atoms with van der Waals surface area (Å²) >= 11 is 0. The molecule has 0 amide bonds. The SMILES string of the molecule is CC(C)(C)C1CCCCC1(N)c1cccc(C(F)(F)F)c1. The molecule has 1 aromatic carbocycles. The summed E-state index contributed by atoms with van der Waals surface area (Å²) in [6.07, 6.45) is -0.538. The van der Waals surface area contributed by atoms with Crippen LogP contribution < -0.4 is 5.73 Å². The average molecular weight is 299 g/mol. The Labute approximate surface area is 124 Å². The predicted molar refractivity (Wildman–Crippen MR) is 78.7 cm³/mol. The summed E-state index contributed by atoms with van der Waals surface area (Å²) < 4.78 is 38.9. The predicted octanol–water partition coefficient (Wildman–Crippen LogP) is 5.10. The third-order valence-electron chi connectivity index (χ3n) is 4.73. The van der Waals surface area contributed by atoms with E-state index in [2.05, 4.69) is 20.8 Å². The van der Waals surface area contributed by atoms with Gasteiger partial charge >= 0.3 is 6.18 Å². The molecule has 2 atom stereocenters. The largest absolute Gasteiger partial charge is 0.416 e. The first-order valence-electron chi connectivity index (χ1n) is 7.52. The van der Waals surface area contributed by atoms with Crippen LogP contribution in [0.5, 0.6) is 0 Å². The van der Waals surface area contributed by atoms with E-state index >= 15 is 0 Å². The smallest absolute Gasteiger partial charge is 0.321 e. The van der Waals surface area contributed by atoms with E-state index in [4.69, 9.17) is 5.73 Å². The molecule has 0 radical (unpaired) electrons. The van der Waals surface area contributed by atoms with E-state index in [9.17, 15) is 13.2 Å². The van der Waals surface area contributed by atoms with Gasteiger partial charge in [-0.3, -0.25) is 0 Å². The lowest BCUT2D eigenvalue weighted by molar-refractivity contribution is -0.137. The van der Waals surface area contributed by atoms with Crippen LogP contribution in [-0.4, -0.2) is 0 Å². The van der Waals surface area contributed by atoms with E-state index in [0.29, 0.717) is 5.56 Å². The van der Waals surface area contributed by atoms with Crippen LogP contribution in [0.4, 0.5) is 13.2 Å². The monoisotopic (exact) mass is 299 g/mol. The topological polar surface area (TPSA) is 26.0 Å². The molecule has 0 heterocycles. The number of hydrogen-bond acceptors (Lipinski definition) is 1. The van der Waals surface area contributed by atoms with Crippen molar-refractivity contribution in [3.63, 3.8) is 0 Å². The Bertz CT molecular complexity index is 501. The van der Waals surface area contributed by atoms with Crippen LogP contribution in [-0.2, 0) is 11.7 Å². The molecule has 4 heteroatoms. The zero-order chi connectivity index (χ0) is 15.9. The molecule has 2 rings (SSSR count). The minimum atomic E-state index is -4.32. The highest BCUT2D eigenvalue weighted by Crippen LogP contribution is 2.48. The fourth-order valence-electron chi connectivity index (χ4n) is 3.73. The summed E-state index contributed by atoms with van der Waals surface area (Å²) in [4.78, 5) is 0. The van der Waals surface area contributed by atoms with Crippen molar-refractivity contribution in [2.24, 2.45) is 17.1 Å². The number of benzene rings is 1. The number of alkyl halides is 3. The Morgan fingerprint density at radius 3 is 2.38 bits per heavy atom. The van der Waals surface area contributed by atoms with Crippen molar-refractivity contribution in [2.75, 3.05) is 0 Å². The maximum atomic E-state index is 13.0. The summed E-state index contributed by atoms with van der Waals surface area (Å²) in [7, 11) is 0. The van der Waals surface area contributed by atoms with E-state index in [1.54, 1.807) is 6.07 Å². The molecule has 0 aromatic heterocycles. The van der Waals surface area contributed by atoms with Gasteiger partial charge in [0.1, 0.15) is 0 Å². The summed E-state index contributed by atoms with van der Waals surface area (Å²) in [6.45, 7) is 6.37. The standard InChI is InChI=1S/C17H24F3N/c1-15(2,3)14-9-4-5-10-16(14,21)12-7-6-8-13(11-12)17(18,19)20/h6-8,11,14H,4-5,9-10,21H2,1-3H3.